The van der Waals surface area contributed by atoms with E-state index in [1.165, 1.54) is 12.8 Å². The number of benzene rings is 1. The summed E-state index contributed by atoms with van der Waals surface area (Å²) in [5.74, 6) is 2.08. The molecule has 0 spiro atoms. The molecule has 1 aromatic rings. The number of amides is 1. The summed E-state index contributed by atoms with van der Waals surface area (Å²) in [7, 11) is 0. The van der Waals surface area contributed by atoms with Gasteiger partial charge in [-0.25, -0.2) is 0 Å². The number of nitrogens with one attached hydrogen (secondary N) is 1. The molecule has 1 aliphatic rings. The van der Waals surface area contributed by atoms with Crippen molar-refractivity contribution in [3.8, 4) is 5.75 Å². The minimum atomic E-state index is -0.340. The molecule has 1 aliphatic carbocycles. The van der Waals surface area contributed by atoms with Gasteiger partial charge in [0.05, 0.1) is 13.0 Å². The van der Waals surface area contributed by atoms with Gasteiger partial charge in [0.15, 0.2) is 0 Å². The van der Waals surface area contributed by atoms with Crippen LogP contribution in [-0.4, -0.2) is 18.6 Å². The summed E-state index contributed by atoms with van der Waals surface area (Å²) in [4.78, 5) is 10.6. The normalized spacial score (nSPS) is 21.4. The molecule has 0 aliphatic heterocycles. The quantitative estimate of drug-likeness (QED) is 0.805. The second-order valence-electron chi connectivity index (χ2n) is 5.91. The fraction of sp³-hybridized carbons (Fsp3) is 0.562. The van der Waals surface area contributed by atoms with E-state index in [9.17, 15) is 4.79 Å². The molecule has 0 saturated heterocycles. The van der Waals surface area contributed by atoms with Crippen LogP contribution in [0.2, 0.25) is 0 Å². The molecule has 0 bridgehead atoms. The average molecular weight is 276 g/mol. The summed E-state index contributed by atoms with van der Waals surface area (Å²) < 4.78 is 5.44. The Bertz CT molecular complexity index is 436. The van der Waals surface area contributed by atoms with Crippen LogP contribution in [0, 0.1) is 11.8 Å². The van der Waals surface area contributed by atoms with Gasteiger partial charge >= 0.3 is 0 Å². The number of hydrogen-bond acceptors (Lipinski definition) is 3. The summed E-state index contributed by atoms with van der Waals surface area (Å²) in [5, 5.41) is 3.54. The molecule has 1 fully saturated rings. The molecule has 1 aromatic carbocycles. The predicted octanol–water partition coefficient (Wildman–Crippen LogP) is 2.79. The maximum atomic E-state index is 10.6. The Morgan fingerprint density at radius 1 is 1.35 bits per heavy atom. The Morgan fingerprint density at radius 3 is 2.55 bits per heavy atom. The van der Waals surface area contributed by atoms with Crippen molar-refractivity contribution in [1.29, 1.82) is 0 Å². The van der Waals surface area contributed by atoms with Crippen molar-refractivity contribution in [1.82, 2.24) is 0 Å². The fourth-order valence-corrected chi connectivity index (χ4v) is 2.48. The van der Waals surface area contributed by atoms with Gasteiger partial charge in [0.2, 0.25) is 5.91 Å². The van der Waals surface area contributed by atoms with Crippen molar-refractivity contribution in [2.45, 2.75) is 39.2 Å². The first kappa shape index (κ1) is 14.7. The van der Waals surface area contributed by atoms with Gasteiger partial charge in [-0.15, -0.1) is 0 Å². The van der Waals surface area contributed by atoms with Gasteiger partial charge in [-0.2, -0.15) is 0 Å². The maximum absolute atomic E-state index is 10.6. The van der Waals surface area contributed by atoms with E-state index in [0.717, 1.165) is 23.3 Å². The standard InChI is InChI=1S/C16H24N2O2/c1-11(2)12-9-14(10-12)18-13-3-5-15(6-4-13)20-8-7-16(17)19/h3-6,11-12,14,18H,7-10H2,1-2H3,(H2,17,19). The first-order chi connectivity index (χ1) is 9.54. The lowest BCUT2D eigenvalue weighted by Crippen LogP contribution is -2.37. The van der Waals surface area contributed by atoms with Gasteiger partial charge in [0.25, 0.3) is 0 Å². The lowest BCUT2D eigenvalue weighted by molar-refractivity contribution is -0.118. The molecule has 2 rings (SSSR count). The highest BCUT2D eigenvalue weighted by atomic mass is 16.5. The van der Waals surface area contributed by atoms with Gasteiger partial charge in [-0.05, 0) is 48.9 Å². The smallest absolute Gasteiger partial charge is 0.220 e. The van der Waals surface area contributed by atoms with Crippen LogP contribution in [0.3, 0.4) is 0 Å². The molecule has 1 amide bonds. The molecule has 110 valence electrons. The number of anilines is 1. The highest BCUT2D eigenvalue weighted by Crippen LogP contribution is 2.35. The summed E-state index contributed by atoms with van der Waals surface area (Å²) >= 11 is 0. The lowest BCUT2D eigenvalue weighted by atomic mass is 9.73. The van der Waals surface area contributed by atoms with Crippen LogP contribution in [-0.2, 0) is 4.79 Å². The van der Waals surface area contributed by atoms with E-state index >= 15 is 0 Å². The second kappa shape index (κ2) is 6.64. The van der Waals surface area contributed by atoms with Crippen molar-refractivity contribution < 1.29 is 9.53 Å². The van der Waals surface area contributed by atoms with Crippen LogP contribution >= 0.6 is 0 Å². The Balaban J connectivity index is 1.73. The zero-order chi connectivity index (χ0) is 14.5. The van der Waals surface area contributed by atoms with E-state index in [0.29, 0.717) is 12.6 Å². The van der Waals surface area contributed by atoms with Gasteiger partial charge in [-0.1, -0.05) is 13.8 Å². The molecular weight excluding hydrogens is 252 g/mol. The maximum Gasteiger partial charge on any atom is 0.220 e. The minimum Gasteiger partial charge on any atom is -0.493 e. The summed E-state index contributed by atoms with van der Waals surface area (Å²) in [5.41, 5.74) is 6.19. The number of hydrogen-bond donors (Lipinski definition) is 2. The topological polar surface area (TPSA) is 64.3 Å². The number of primary amides is 1. The first-order valence-corrected chi connectivity index (χ1v) is 7.32. The summed E-state index contributed by atoms with van der Waals surface area (Å²) in [6.45, 7) is 4.92. The Hall–Kier alpha value is -1.71. The van der Waals surface area contributed by atoms with Crippen molar-refractivity contribution in [3.63, 3.8) is 0 Å². The van der Waals surface area contributed by atoms with E-state index in [2.05, 4.69) is 19.2 Å². The molecular formula is C16H24N2O2. The van der Waals surface area contributed by atoms with Crippen LogP contribution in [0.15, 0.2) is 24.3 Å². The van der Waals surface area contributed by atoms with Gasteiger partial charge in [0, 0.05) is 11.7 Å². The molecule has 4 heteroatoms. The van der Waals surface area contributed by atoms with E-state index in [-0.39, 0.29) is 12.3 Å². The molecule has 0 radical (unpaired) electrons. The Labute approximate surface area is 120 Å². The van der Waals surface area contributed by atoms with Gasteiger partial charge in [-0.3, -0.25) is 4.79 Å². The Kier molecular flexibility index (Phi) is 4.88. The van der Waals surface area contributed by atoms with Crippen LogP contribution in [0.1, 0.15) is 33.1 Å². The SMILES string of the molecule is CC(C)C1CC(Nc2ccc(OCCC(N)=O)cc2)C1. The predicted molar refractivity (Wildman–Crippen MR) is 80.7 cm³/mol. The van der Waals surface area contributed by atoms with Crippen LogP contribution in [0.4, 0.5) is 5.69 Å². The minimum absolute atomic E-state index is 0.249. The van der Waals surface area contributed by atoms with Crippen molar-refractivity contribution in [2.75, 3.05) is 11.9 Å². The lowest BCUT2D eigenvalue weighted by Gasteiger charge is -2.39. The molecule has 0 unspecified atom stereocenters. The molecule has 3 N–H and O–H groups in total. The van der Waals surface area contributed by atoms with Gasteiger partial charge in [0.1, 0.15) is 5.75 Å². The van der Waals surface area contributed by atoms with Crippen molar-refractivity contribution >= 4 is 11.6 Å². The number of carbonyl (C=O) groups excluding carboxylic acids is 1. The fourth-order valence-electron chi connectivity index (χ4n) is 2.48. The Morgan fingerprint density at radius 2 is 2.00 bits per heavy atom. The third-order valence-electron chi connectivity index (χ3n) is 3.96. The molecule has 0 heterocycles. The molecule has 1 saturated carbocycles. The second-order valence-corrected chi connectivity index (χ2v) is 5.91. The monoisotopic (exact) mass is 276 g/mol. The molecule has 4 nitrogen and oxygen atoms in total. The van der Waals surface area contributed by atoms with Crippen LogP contribution in [0.5, 0.6) is 5.75 Å². The number of rotatable bonds is 7. The zero-order valence-corrected chi connectivity index (χ0v) is 12.3. The first-order valence-electron chi connectivity index (χ1n) is 7.32. The zero-order valence-electron chi connectivity index (χ0n) is 12.3. The average Bonchev–Trinajstić information content (AvgIpc) is 2.34. The van der Waals surface area contributed by atoms with Crippen molar-refractivity contribution in [2.24, 2.45) is 17.6 Å². The summed E-state index contributed by atoms with van der Waals surface area (Å²) in [6, 6.07) is 8.47. The molecule has 0 aromatic heterocycles. The summed E-state index contributed by atoms with van der Waals surface area (Å²) in [6.07, 6.45) is 2.77. The van der Waals surface area contributed by atoms with E-state index in [1.807, 2.05) is 24.3 Å². The third kappa shape index (κ3) is 4.15. The number of nitrogens with two attached hydrogens (primary N) is 1. The highest BCUT2D eigenvalue weighted by Gasteiger charge is 2.30. The third-order valence-corrected chi connectivity index (χ3v) is 3.96. The largest absolute Gasteiger partial charge is 0.493 e. The van der Waals surface area contributed by atoms with E-state index in [4.69, 9.17) is 10.5 Å². The van der Waals surface area contributed by atoms with Crippen LogP contribution < -0.4 is 15.8 Å². The van der Waals surface area contributed by atoms with E-state index < -0.39 is 0 Å². The van der Waals surface area contributed by atoms with Crippen molar-refractivity contribution in [3.05, 3.63) is 24.3 Å². The van der Waals surface area contributed by atoms with E-state index in [1.54, 1.807) is 0 Å². The number of carbonyl (C=O) groups is 1. The van der Waals surface area contributed by atoms with Crippen LogP contribution in [0.25, 0.3) is 0 Å². The molecule has 0 atom stereocenters. The highest BCUT2D eigenvalue weighted by molar-refractivity contribution is 5.73. The molecule has 20 heavy (non-hydrogen) atoms. The van der Waals surface area contributed by atoms with Gasteiger partial charge < -0.3 is 15.8 Å². The number of ether oxygens (including phenoxy) is 1.